The van der Waals surface area contributed by atoms with Gasteiger partial charge in [0.15, 0.2) is 0 Å². The third kappa shape index (κ3) is 5.57. The summed E-state index contributed by atoms with van der Waals surface area (Å²) in [6.07, 6.45) is 0.0902. The summed E-state index contributed by atoms with van der Waals surface area (Å²) in [6, 6.07) is 0.813. The average molecular weight is 514 g/mol. The molecular weight excluding hydrogens is 493 g/mol. The number of carbonyl (C=O) groups excluding carboxylic acids is 5. The smallest absolute Gasteiger partial charge is 0.358 e. The van der Waals surface area contributed by atoms with E-state index in [1.807, 2.05) is 0 Å². The molecule has 14 heteroatoms. The molecule has 0 aliphatic carbocycles. The molecule has 0 aromatic heterocycles. The van der Waals surface area contributed by atoms with Gasteiger partial charge in [-0.25, -0.2) is 19.8 Å². The maximum Gasteiger partial charge on any atom is 0.358 e. The maximum absolute atomic E-state index is 13.3. The normalized spacial score (nSPS) is 19.1. The first kappa shape index (κ1) is 25.2. The number of carboxylic acid groups (broad SMARTS) is 1. The zero-order valence-electron chi connectivity index (χ0n) is 17.7. The standard InChI is InChI=1S/C20H21Cl2N5O7/c21-13-4-3-11(8-14(13)22)18(32)24-25-7-5-16(29)26-6-1-2-15(27(26)20(25)34)19(33)23-12(10-28)9-17(30)31/h3-4,8,10,12,15H,1-2,5-7,9H2,(H,23,33)(H,24,32)(H,30,31)/t12-,15-/m0/s1. The van der Waals surface area contributed by atoms with Crippen molar-refractivity contribution in [3.63, 3.8) is 0 Å². The molecule has 0 spiro atoms. The van der Waals surface area contributed by atoms with Gasteiger partial charge in [0.1, 0.15) is 12.3 Å². The molecule has 5 amide bonds. The van der Waals surface area contributed by atoms with Crippen LogP contribution in [0.1, 0.15) is 36.0 Å². The molecule has 3 N–H and O–H groups in total. The van der Waals surface area contributed by atoms with Crippen LogP contribution >= 0.6 is 23.2 Å². The lowest BCUT2D eigenvalue weighted by molar-refractivity contribution is -0.155. The van der Waals surface area contributed by atoms with Crippen molar-refractivity contribution < 1.29 is 33.9 Å². The molecule has 2 heterocycles. The number of hydrazine groups is 2. The largest absolute Gasteiger partial charge is 0.481 e. The third-order valence-corrected chi connectivity index (χ3v) is 6.01. The lowest BCUT2D eigenvalue weighted by Gasteiger charge is -2.42. The van der Waals surface area contributed by atoms with Crippen LogP contribution in [-0.4, -0.2) is 81.3 Å². The lowest BCUT2D eigenvalue weighted by atomic mass is 10.1. The summed E-state index contributed by atoms with van der Waals surface area (Å²) in [5.74, 6) is -3.20. The van der Waals surface area contributed by atoms with Crippen LogP contribution in [0.15, 0.2) is 18.2 Å². The highest BCUT2D eigenvalue weighted by molar-refractivity contribution is 6.42. The van der Waals surface area contributed by atoms with Crippen LogP contribution in [-0.2, 0) is 19.2 Å². The van der Waals surface area contributed by atoms with E-state index in [1.165, 1.54) is 18.2 Å². The molecule has 182 valence electrons. The molecule has 34 heavy (non-hydrogen) atoms. The Morgan fingerprint density at radius 2 is 1.91 bits per heavy atom. The second-order valence-corrected chi connectivity index (χ2v) is 8.44. The van der Waals surface area contributed by atoms with E-state index < -0.39 is 48.2 Å². The van der Waals surface area contributed by atoms with Gasteiger partial charge in [-0.05, 0) is 31.0 Å². The van der Waals surface area contributed by atoms with Crippen LogP contribution in [0.5, 0.6) is 0 Å². The van der Waals surface area contributed by atoms with Gasteiger partial charge in [0, 0.05) is 18.5 Å². The minimum atomic E-state index is -1.30. The van der Waals surface area contributed by atoms with Gasteiger partial charge in [-0.15, -0.1) is 0 Å². The number of nitrogens with one attached hydrogen (secondary N) is 2. The number of amides is 5. The molecular formula is C20H21Cl2N5O7. The van der Waals surface area contributed by atoms with Crippen LogP contribution in [0.4, 0.5) is 4.79 Å². The minimum absolute atomic E-state index is 0.116. The fourth-order valence-corrected chi connectivity index (χ4v) is 3.94. The summed E-state index contributed by atoms with van der Waals surface area (Å²) < 4.78 is 0. The molecule has 0 radical (unpaired) electrons. The Labute approximate surface area is 203 Å². The first-order valence-electron chi connectivity index (χ1n) is 10.3. The highest BCUT2D eigenvalue weighted by atomic mass is 35.5. The summed E-state index contributed by atoms with van der Waals surface area (Å²) in [5, 5.41) is 14.6. The number of carbonyl (C=O) groups is 6. The molecule has 12 nitrogen and oxygen atoms in total. The van der Waals surface area contributed by atoms with E-state index >= 15 is 0 Å². The van der Waals surface area contributed by atoms with E-state index in [4.69, 9.17) is 28.3 Å². The molecule has 2 aliphatic heterocycles. The second-order valence-electron chi connectivity index (χ2n) is 7.62. The molecule has 2 atom stereocenters. The summed E-state index contributed by atoms with van der Waals surface area (Å²) in [6.45, 7) is 0.0250. The number of hydrogen-bond acceptors (Lipinski definition) is 6. The Morgan fingerprint density at radius 1 is 1.18 bits per heavy atom. The Morgan fingerprint density at radius 3 is 2.56 bits per heavy atom. The Balaban J connectivity index is 1.82. The van der Waals surface area contributed by atoms with Crippen molar-refractivity contribution in [2.45, 2.75) is 37.8 Å². The lowest BCUT2D eigenvalue weighted by Crippen LogP contribution is -2.64. The predicted molar refractivity (Wildman–Crippen MR) is 117 cm³/mol. The van der Waals surface area contributed by atoms with Crippen LogP contribution in [0.3, 0.4) is 0 Å². The monoisotopic (exact) mass is 513 g/mol. The van der Waals surface area contributed by atoms with Gasteiger partial charge in [-0.2, -0.15) is 0 Å². The summed E-state index contributed by atoms with van der Waals surface area (Å²) in [4.78, 5) is 73.6. The molecule has 1 aromatic carbocycles. The second kappa shape index (κ2) is 10.7. The number of benzene rings is 1. The number of aliphatic carboxylic acids is 1. The van der Waals surface area contributed by atoms with Crippen molar-refractivity contribution in [2.24, 2.45) is 0 Å². The van der Waals surface area contributed by atoms with Gasteiger partial charge >= 0.3 is 12.0 Å². The summed E-state index contributed by atoms with van der Waals surface area (Å²) >= 11 is 11.8. The van der Waals surface area contributed by atoms with E-state index in [-0.39, 0.29) is 47.8 Å². The Kier molecular flexibility index (Phi) is 7.94. The van der Waals surface area contributed by atoms with Crippen LogP contribution in [0.2, 0.25) is 10.0 Å². The van der Waals surface area contributed by atoms with Gasteiger partial charge in [0.05, 0.1) is 29.1 Å². The fourth-order valence-electron chi connectivity index (χ4n) is 3.64. The number of rotatable bonds is 7. The first-order valence-corrected chi connectivity index (χ1v) is 11.0. The van der Waals surface area contributed by atoms with Gasteiger partial charge in [-0.1, -0.05) is 23.2 Å². The summed E-state index contributed by atoms with van der Waals surface area (Å²) in [5.41, 5.74) is 2.54. The van der Waals surface area contributed by atoms with Crippen molar-refractivity contribution in [2.75, 3.05) is 13.1 Å². The number of carboxylic acids is 1. The number of halogens is 2. The van der Waals surface area contributed by atoms with Gasteiger partial charge < -0.3 is 15.2 Å². The topological polar surface area (TPSA) is 156 Å². The van der Waals surface area contributed by atoms with Crippen molar-refractivity contribution in [3.05, 3.63) is 33.8 Å². The van der Waals surface area contributed by atoms with E-state index in [0.29, 0.717) is 6.42 Å². The molecule has 3 rings (SSSR count). The SMILES string of the molecule is O=C[C@H](CC(=O)O)NC(=O)[C@@H]1CCCN2C(=O)CCN(NC(=O)c3ccc(Cl)c(Cl)c3)C(=O)N12. The number of urea groups is 1. The van der Waals surface area contributed by atoms with Gasteiger partial charge in [0.25, 0.3) is 5.91 Å². The van der Waals surface area contributed by atoms with Gasteiger partial charge in [0.2, 0.25) is 11.8 Å². The van der Waals surface area contributed by atoms with Crippen molar-refractivity contribution >= 4 is 59.2 Å². The molecule has 2 saturated heterocycles. The number of fused-ring (bicyclic) bond motifs is 1. The van der Waals surface area contributed by atoms with Crippen molar-refractivity contribution in [1.82, 2.24) is 25.8 Å². The maximum atomic E-state index is 13.3. The molecule has 2 aliphatic rings. The highest BCUT2D eigenvalue weighted by Crippen LogP contribution is 2.25. The van der Waals surface area contributed by atoms with E-state index in [0.717, 1.165) is 15.0 Å². The zero-order chi connectivity index (χ0) is 25.0. The van der Waals surface area contributed by atoms with Crippen molar-refractivity contribution in [3.8, 4) is 0 Å². The number of hydrogen-bond donors (Lipinski definition) is 3. The van der Waals surface area contributed by atoms with E-state index in [9.17, 15) is 28.8 Å². The molecule has 0 unspecified atom stereocenters. The van der Waals surface area contributed by atoms with Crippen LogP contribution in [0, 0.1) is 0 Å². The number of aldehydes is 1. The summed E-state index contributed by atoms with van der Waals surface area (Å²) in [7, 11) is 0. The number of nitrogens with zero attached hydrogens (tertiary/aromatic N) is 3. The van der Waals surface area contributed by atoms with Crippen LogP contribution < -0.4 is 10.7 Å². The van der Waals surface area contributed by atoms with Crippen LogP contribution in [0.25, 0.3) is 0 Å². The molecule has 1 aromatic rings. The molecule has 0 saturated carbocycles. The zero-order valence-corrected chi connectivity index (χ0v) is 19.2. The molecule has 2 fully saturated rings. The molecule has 0 bridgehead atoms. The van der Waals surface area contributed by atoms with Gasteiger partial charge in [-0.3, -0.25) is 24.6 Å². The quantitative estimate of drug-likeness (QED) is 0.455. The minimum Gasteiger partial charge on any atom is -0.481 e. The first-order chi connectivity index (χ1) is 16.1. The Bertz CT molecular complexity index is 1040. The van der Waals surface area contributed by atoms with Crippen molar-refractivity contribution in [1.29, 1.82) is 0 Å². The third-order valence-electron chi connectivity index (χ3n) is 5.27. The van der Waals surface area contributed by atoms with E-state index in [2.05, 4.69) is 10.7 Å². The Hall–Kier alpha value is -3.38. The van der Waals surface area contributed by atoms with E-state index in [1.54, 1.807) is 0 Å². The fraction of sp³-hybridized carbons (Fsp3) is 0.400. The highest BCUT2D eigenvalue weighted by Gasteiger charge is 2.44. The average Bonchev–Trinajstić information content (AvgIpc) is 2.92. The predicted octanol–water partition coefficient (Wildman–Crippen LogP) is 0.830.